The van der Waals surface area contributed by atoms with E-state index in [-0.39, 0.29) is 11.3 Å². The van der Waals surface area contributed by atoms with Crippen LogP contribution >= 0.6 is 0 Å². The van der Waals surface area contributed by atoms with Crippen molar-refractivity contribution in [3.05, 3.63) is 29.3 Å². The summed E-state index contributed by atoms with van der Waals surface area (Å²) in [5.74, 6) is -0.762. The number of aromatic hydroxyl groups is 1. The molecule has 12 heavy (non-hydrogen) atoms. The van der Waals surface area contributed by atoms with E-state index in [0.717, 1.165) is 5.56 Å². The standard InChI is InChI=1S/C8H10N2O2/c9-4-5-1-2-7(11)6(3-5)8(10)12/h1-3,11H,4,9H2,(H2,10,12). The highest BCUT2D eigenvalue weighted by molar-refractivity contribution is 5.95. The van der Waals surface area contributed by atoms with E-state index in [1.807, 2.05) is 0 Å². The minimum Gasteiger partial charge on any atom is -0.507 e. The summed E-state index contributed by atoms with van der Waals surface area (Å²) in [6.07, 6.45) is 0. The molecule has 0 aliphatic carbocycles. The van der Waals surface area contributed by atoms with Gasteiger partial charge in [0, 0.05) is 6.54 Å². The zero-order valence-electron chi connectivity index (χ0n) is 6.45. The first-order valence-corrected chi connectivity index (χ1v) is 3.47. The predicted molar refractivity (Wildman–Crippen MR) is 44.5 cm³/mol. The van der Waals surface area contributed by atoms with Gasteiger partial charge in [-0.1, -0.05) is 6.07 Å². The highest BCUT2D eigenvalue weighted by Crippen LogP contribution is 2.17. The molecule has 0 spiro atoms. The molecule has 0 aliphatic heterocycles. The summed E-state index contributed by atoms with van der Waals surface area (Å²) in [6, 6.07) is 4.53. The maximum Gasteiger partial charge on any atom is 0.252 e. The number of nitrogens with two attached hydrogens (primary N) is 2. The van der Waals surface area contributed by atoms with E-state index in [2.05, 4.69) is 0 Å². The molecule has 0 heterocycles. The maximum absolute atomic E-state index is 10.7. The van der Waals surface area contributed by atoms with Gasteiger partial charge in [-0.05, 0) is 17.7 Å². The van der Waals surface area contributed by atoms with Crippen molar-refractivity contribution in [2.45, 2.75) is 6.54 Å². The predicted octanol–water partition coefficient (Wildman–Crippen LogP) is -0.0502. The van der Waals surface area contributed by atoms with E-state index in [9.17, 15) is 4.79 Å². The quantitative estimate of drug-likeness (QED) is 0.575. The lowest BCUT2D eigenvalue weighted by Gasteiger charge is -2.02. The van der Waals surface area contributed by atoms with Crippen molar-refractivity contribution in [3.8, 4) is 5.75 Å². The Bertz CT molecular complexity index is 310. The number of amides is 1. The number of primary amides is 1. The number of hydrogen-bond donors (Lipinski definition) is 3. The molecule has 0 radical (unpaired) electrons. The van der Waals surface area contributed by atoms with E-state index < -0.39 is 5.91 Å². The zero-order valence-corrected chi connectivity index (χ0v) is 6.45. The number of carbonyl (C=O) groups excluding carboxylic acids is 1. The number of hydrogen-bond acceptors (Lipinski definition) is 3. The third kappa shape index (κ3) is 1.54. The van der Waals surface area contributed by atoms with Crippen LogP contribution in [0.2, 0.25) is 0 Å². The van der Waals surface area contributed by atoms with Crippen LogP contribution in [0.1, 0.15) is 15.9 Å². The van der Waals surface area contributed by atoms with E-state index in [1.54, 1.807) is 6.07 Å². The molecule has 0 fully saturated rings. The fourth-order valence-corrected chi connectivity index (χ4v) is 0.908. The Morgan fingerprint density at radius 1 is 1.50 bits per heavy atom. The molecule has 4 nitrogen and oxygen atoms in total. The summed E-state index contributed by atoms with van der Waals surface area (Å²) in [5.41, 5.74) is 11.2. The van der Waals surface area contributed by atoms with Crippen LogP contribution in [0.25, 0.3) is 0 Å². The second-order valence-corrected chi connectivity index (χ2v) is 2.42. The molecule has 1 aromatic carbocycles. The van der Waals surface area contributed by atoms with E-state index >= 15 is 0 Å². The van der Waals surface area contributed by atoms with E-state index in [1.165, 1.54) is 12.1 Å². The molecule has 0 saturated carbocycles. The van der Waals surface area contributed by atoms with E-state index in [0.29, 0.717) is 6.54 Å². The molecule has 0 unspecified atom stereocenters. The van der Waals surface area contributed by atoms with Gasteiger partial charge in [-0.15, -0.1) is 0 Å². The molecule has 64 valence electrons. The zero-order chi connectivity index (χ0) is 9.14. The Hall–Kier alpha value is -1.55. The average molecular weight is 166 g/mol. The molecular weight excluding hydrogens is 156 g/mol. The second kappa shape index (κ2) is 3.23. The average Bonchev–Trinajstić information content (AvgIpc) is 2.05. The fraction of sp³-hybridized carbons (Fsp3) is 0.125. The lowest BCUT2D eigenvalue weighted by Crippen LogP contribution is -2.12. The number of benzene rings is 1. The number of rotatable bonds is 2. The Morgan fingerprint density at radius 2 is 2.17 bits per heavy atom. The molecular formula is C8H10N2O2. The highest BCUT2D eigenvalue weighted by atomic mass is 16.3. The first-order chi connectivity index (χ1) is 5.65. The van der Waals surface area contributed by atoms with Crippen molar-refractivity contribution in [1.29, 1.82) is 0 Å². The Morgan fingerprint density at radius 3 is 2.67 bits per heavy atom. The van der Waals surface area contributed by atoms with Crippen molar-refractivity contribution >= 4 is 5.91 Å². The molecule has 0 saturated heterocycles. The summed E-state index contributed by atoms with van der Waals surface area (Å²) in [6.45, 7) is 0.320. The van der Waals surface area contributed by atoms with Gasteiger partial charge >= 0.3 is 0 Å². The van der Waals surface area contributed by atoms with Gasteiger partial charge in [-0.25, -0.2) is 0 Å². The lowest BCUT2D eigenvalue weighted by molar-refractivity contribution is 0.0997. The molecule has 0 atom stereocenters. The summed E-state index contributed by atoms with van der Waals surface area (Å²) >= 11 is 0. The monoisotopic (exact) mass is 166 g/mol. The topological polar surface area (TPSA) is 89.3 Å². The summed E-state index contributed by atoms with van der Waals surface area (Å²) in [5, 5.41) is 9.16. The number of phenols is 1. The van der Waals surface area contributed by atoms with Crippen LogP contribution in [0.4, 0.5) is 0 Å². The molecule has 4 heteroatoms. The van der Waals surface area contributed by atoms with Gasteiger partial charge in [0.1, 0.15) is 5.75 Å². The van der Waals surface area contributed by atoms with Crippen LogP contribution in [0.5, 0.6) is 5.75 Å². The van der Waals surface area contributed by atoms with Gasteiger partial charge in [0.25, 0.3) is 5.91 Å². The largest absolute Gasteiger partial charge is 0.507 e. The van der Waals surface area contributed by atoms with Crippen LogP contribution in [0, 0.1) is 0 Å². The van der Waals surface area contributed by atoms with Crippen molar-refractivity contribution in [2.75, 3.05) is 0 Å². The summed E-state index contributed by atoms with van der Waals surface area (Å²) < 4.78 is 0. The molecule has 1 aromatic rings. The lowest BCUT2D eigenvalue weighted by atomic mass is 10.1. The molecule has 1 amide bonds. The van der Waals surface area contributed by atoms with Crippen LogP contribution in [-0.4, -0.2) is 11.0 Å². The van der Waals surface area contributed by atoms with Gasteiger partial charge in [0.15, 0.2) is 0 Å². The molecule has 0 aromatic heterocycles. The fourth-order valence-electron chi connectivity index (χ4n) is 0.908. The van der Waals surface area contributed by atoms with Gasteiger partial charge in [-0.3, -0.25) is 4.79 Å². The summed E-state index contributed by atoms with van der Waals surface area (Å²) in [4.78, 5) is 10.7. The van der Waals surface area contributed by atoms with Crippen LogP contribution in [0.15, 0.2) is 18.2 Å². The number of carbonyl (C=O) groups is 1. The molecule has 0 aliphatic rings. The molecule has 1 rings (SSSR count). The first-order valence-electron chi connectivity index (χ1n) is 3.47. The SMILES string of the molecule is NCc1ccc(O)c(C(N)=O)c1. The third-order valence-electron chi connectivity index (χ3n) is 1.56. The Kier molecular flexibility index (Phi) is 2.30. The molecule has 0 bridgehead atoms. The first kappa shape index (κ1) is 8.55. The minimum absolute atomic E-state index is 0.109. The van der Waals surface area contributed by atoms with Crippen molar-refractivity contribution in [2.24, 2.45) is 11.5 Å². The van der Waals surface area contributed by atoms with Crippen molar-refractivity contribution in [3.63, 3.8) is 0 Å². The van der Waals surface area contributed by atoms with Gasteiger partial charge < -0.3 is 16.6 Å². The van der Waals surface area contributed by atoms with Gasteiger partial charge in [0.2, 0.25) is 0 Å². The van der Waals surface area contributed by atoms with Gasteiger partial charge in [-0.2, -0.15) is 0 Å². The van der Waals surface area contributed by atoms with Crippen molar-refractivity contribution in [1.82, 2.24) is 0 Å². The Labute approximate surface area is 69.8 Å². The second-order valence-electron chi connectivity index (χ2n) is 2.42. The van der Waals surface area contributed by atoms with Crippen LogP contribution < -0.4 is 11.5 Å². The smallest absolute Gasteiger partial charge is 0.252 e. The minimum atomic E-state index is -0.650. The summed E-state index contributed by atoms with van der Waals surface area (Å²) in [7, 11) is 0. The van der Waals surface area contributed by atoms with Crippen molar-refractivity contribution < 1.29 is 9.90 Å². The Balaban J connectivity index is 3.17. The molecule has 5 N–H and O–H groups in total. The van der Waals surface area contributed by atoms with Gasteiger partial charge in [0.05, 0.1) is 5.56 Å². The maximum atomic E-state index is 10.7. The van der Waals surface area contributed by atoms with Crippen LogP contribution in [0.3, 0.4) is 0 Å². The normalized spacial score (nSPS) is 9.75. The third-order valence-corrected chi connectivity index (χ3v) is 1.56. The highest BCUT2D eigenvalue weighted by Gasteiger charge is 2.06. The van der Waals surface area contributed by atoms with E-state index in [4.69, 9.17) is 16.6 Å². The van der Waals surface area contributed by atoms with Crippen LogP contribution in [-0.2, 0) is 6.54 Å².